The van der Waals surface area contributed by atoms with Crippen molar-refractivity contribution in [2.45, 2.75) is 77.0 Å². The molecular formula is C18H33NO2S. The number of hydrogen-bond donors (Lipinski definition) is 1. The Morgan fingerprint density at radius 2 is 1.50 bits per heavy atom. The van der Waals surface area contributed by atoms with Crippen LogP contribution in [0.25, 0.3) is 0 Å². The number of hydrogen-bond acceptors (Lipinski definition) is 3. The summed E-state index contributed by atoms with van der Waals surface area (Å²) in [6, 6.07) is 0.544. The van der Waals surface area contributed by atoms with Gasteiger partial charge in [0.25, 0.3) is 0 Å². The van der Waals surface area contributed by atoms with E-state index in [0.717, 1.165) is 30.7 Å². The van der Waals surface area contributed by atoms with Crippen LogP contribution in [0.15, 0.2) is 0 Å². The van der Waals surface area contributed by atoms with Gasteiger partial charge in [-0.25, -0.2) is 8.42 Å². The van der Waals surface area contributed by atoms with Crippen LogP contribution in [0, 0.1) is 23.2 Å². The largest absolute Gasteiger partial charge is 0.314 e. The maximum absolute atomic E-state index is 11.9. The second kappa shape index (κ2) is 6.08. The third-order valence-corrected chi connectivity index (χ3v) is 9.07. The van der Waals surface area contributed by atoms with Crippen molar-refractivity contribution in [1.29, 1.82) is 0 Å². The van der Waals surface area contributed by atoms with Gasteiger partial charge >= 0.3 is 0 Å². The lowest BCUT2D eigenvalue weighted by Crippen LogP contribution is -2.55. The molecule has 22 heavy (non-hydrogen) atoms. The molecule has 4 saturated carbocycles. The van der Waals surface area contributed by atoms with Crippen molar-refractivity contribution in [3.05, 3.63) is 0 Å². The first-order valence-electron chi connectivity index (χ1n) is 9.26. The highest BCUT2D eigenvalue weighted by atomic mass is 32.2. The SMILES string of the molecule is CC(C)S(=O)(=O)CCCN[C@@H](C)C12CC3CC(CC(C3)C1)C2. The summed E-state index contributed by atoms with van der Waals surface area (Å²) >= 11 is 0. The van der Waals surface area contributed by atoms with Crippen molar-refractivity contribution in [2.24, 2.45) is 23.2 Å². The van der Waals surface area contributed by atoms with Gasteiger partial charge in [-0.2, -0.15) is 0 Å². The zero-order valence-corrected chi connectivity index (χ0v) is 15.3. The molecule has 1 atom stereocenters. The molecular weight excluding hydrogens is 294 g/mol. The quantitative estimate of drug-likeness (QED) is 0.729. The molecule has 0 aromatic carbocycles. The van der Waals surface area contributed by atoms with Gasteiger partial charge in [0.15, 0.2) is 9.84 Å². The summed E-state index contributed by atoms with van der Waals surface area (Å²) in [5, 5.41) is 3.44. The maximum Gasteiger partial charge on any atom is 0.152 e. The predicted octanol–water partition coefficient (Wildman–Crippen LogP) is 3.39. The summed E-state index contributed by atoms with van der Waals surface area (Å²) in [7, 11) is -2.88. The first-order valence-corrected chi connectivity index (χ1v) is 11.0. The minimum Gasteiger partial charge on any atom is -0.314 e. The lowest BCUT2D eigenvalue weighted by molar-refractivity contribution is -0.0702. The van der Waals surface area contributed by atoms with E-state index in [4.69, 9.17) is 0 Å². The smallest absolute Gasteiger partial charge is 0.152 e. The minimum atomic E-state index is -2.88. The molecule has 4 fully saturated rings. The molecule has 0 aliphatic heterocycles. The molecule has 3 nitrogen and oxygen atoms in total. The summed E-state index contributed by atoms with van der Waals surface area (Å²) < 4.78 is 23.7. The van der Waals surface area contributed by atoms with Crippen LogP contribution in [0.1, 0.15) is 65.7 Å². The summed E-state index contributed by atoms with van der Waals surface area (Å²) in [5.41, 5.74) is 0.520. The Labute approximate surface area is 136 Å². The van der Waals surface area contributed by atoms with Gasteiger partial charge in [-0.3, -0.25) is 0 Å². The number of rotatable bonds is 7. The summed E-state index contributed by atoms with van der Waals surface area (Å²) in [6.45, 7) is 6.75. The van der Waals surface area contributed by atoms with Crippen molar-refractivity contribution in [1.82, 2.24) is 5.32 Å². The van der Waals surface area contributed by atoms with Crippen molar-refractivity contribution < 1.29 is 8.42 Å². The van der Waals surface area contributed by atoms with E-state index in [9.17, 15) is 8.42 Å². The number of sulfone groups is 1. The summed E-state index contributed by atoms with van der Waals surface area (Å²) in [5.74, 6) is 3.27. The van der Waals surface area contributed by atoms with E-state index in [1.807, 2.05) is 0 Å². The second-order valence-corrected chi connectivity index (χ2v) is 11.4. The van der Waals surface area contributed by atoms with Crippen molar-refractivity contribution in [3.8, 4) is 0 Å². The van der Waals surface area contributed by atoms with Gasteiger partial charge in [0.1, 0.15) is 0 Å². The van der Waals surface area contributed by atoms with Crippen LogP contribution >= 0.6 is 0 Å². The maximum atomic E-state index is 11.9. The minimum absolute atomic E-state index is 0.243. The summed E-state index contributed by atoms with van der Waals surface area (Å²) in [4.78, 5) is 0. The molecule has 0 unspecified atom stereocenters. The lowest BCUT2D eigenvalue weighted by atomic mass is 9.48. The van der Waals surface area contributed by atoms with Crippen molar-refractivity contribution in [3.63, 3.8) is 0 Å². The molecule has 1 N–H and O–H groups in total. The Morgan fingerprint density at radius 3 is 1.95 bits per heavy atom. The zero-order chi connectivity index (χ0) is 16.0. The molecule has 4 aliphatic rings. The molecule has 0 aromatic heterocycles. The van der Waals surface area contributed by atoms with Crippen LogP contribution in [0.4, 0.5) is 0 Å². The van der Waals surface area contributed by atoms with Gasteiger partial charge in [-0.15, -0.1) is 0 Å². The predicted molar refractivity (Wildman–Crippen MR) is 91.6 cm³/mol. The van der Waals surface area contributed by atoms with E-state index >= 15 is 0 Å². The second-order valence-electron chi connectivity index (χ2n) is 8.73. The van der Waals surface area contributed by atoms with Crippen LogP contribution in [0.2, 0.25) is 0 Å². The highest BCUT2D eigenvalue weighted by molar-refractivity contribution is 7.91. The lowest BCUT2D eigenvalue weighted by Gasteiger charge is -2.59. The third-order valence-electron chi connectivity index (χ3n) is 6.78. The zero-order valence-electron chi connectivity index (χ0n) is 14.5. The fraction of sp³-hybridized carbons (Fsp3) is 1.00. The molecule has 0 aromatic rings. The first kappa shape index (κ1) is 16.8. The molecule has 0 amide bonds. The Kier molecular flexibility index (Phi) is 4.63. The van der Waals surface area contributed by atoms with Crippen molar-refractivity contribution >= 4 is 9.84 Å². The van der Waals surface area contributed by atoms with E-state index in [-0.39, 0.29) is 5.25 Å². The molecule has 4 aliphatic carbocycles. The topological polar surface area (TPSA) is 46.2 Å². The molecule has 0 heterocycles. The molecule has 0 spiro atoms. The molecule has 128 valence electrons. The highest BCUT2D eigenvalue weighted by Gasteiger charge is 2.52. The number of nitrogens with one attached hydrogen (secondary N) is 1. The van der Waals surface area contributed by atoms with E-state index in [2.05, 4.69) is 12.2 Å². The molecule has 4 bridgehead atoms. The monoisotopic (exact) mass is 327 g/mol. The average molecular weight is 328 g/mol. The van der Waals surface area contributed by atoms with E-state index in [0.29, 0.717) is 17.2 Å². The standard InChI is InChI=1S/C18H33NO2S/c1-13(2)22(20,21)6-4-5-19-14(3)18-10-15-7-16(11-18)9-17(8-15)12-18/h13-17,19H,4-12H2,1-3H3/t14-,15?,16?,17?,18?/m0/s1. The van der Waals surface area contributed by atoms with Gasteiger partial charge in [0, 0.05) is 6.04 Å². The van der Waals surface area contributed by atoms with Gasteiger partial charge in [-0.05, 0) is 95.4 Å². The third kappa shape index (κ3) is 3.24. The fourth-order valence-electron chi connectivity index (χ4n) is 5.75. The molecule has 4 rings (SSSR count). The Bertz CT molecular complexity index is 462. The molecule has 0 saturated heterocycles. The Morgan fingerprint density at radius 1 is 1.00 bits per heavy atom. The Hall–Kier alpha value is -0.0900. The van der Waals surface area contributed by atoms with Gasteiger partial charge in [0.05, 0.1) is 11.0 Å². The van der Waals surface area contributed by atoms with Gasteiger partial charge in [0.2, 0.25) is 0 Å². The normalized spacial score (nSPS) is 38.6. The summed E-state index contributed by atoms with van der Waals surface area (Å²) in [6.07, 6.45) is 9.44. The molecule has 4 heteroatoms. The van der Waals surface area contributed by atoms with Crippen LogP contribution in [0.5, 0.6) is 0 Å². The van der Waals surface area contributed by atoms with Crippen LogP contribution in [-0.2, 0) is 9.84 Å². The van der Waals surface area contributed by atoms with E-state index in [1.54, 1.807) is 13.8 Å². The van der Waals surface area contributed by atoms with E-state index < -0.39 is 9.84 Å². The van der Waals surface area contributed by atoms with Crippen LogP contribution in [-0.4, -0.2) is 32.0 Å². The fourth-order valence-corrected chi connectivity index (χ4v) is 6.77. The average Bonchev–Trinajstić information content (AvgIpc) is 2.41. The van der Waals surface area contributed by atoms with Crippen LogP contribution < -0.4 is 5.32 Å². The molecule has 0 radical (unpaired) electrons. The van der Waals surface area contributed by atoms with Gasteiger partial charge in [-0.1, -0.05) is 0 Å². The van der Waals surface area contributed by atoms with Crippen molar-refractivity contribution in [2.75, 3.05) is 12.3 Å². The van der Waals surface area contributed by atoms with E-state index in [1.165, 1.54) is 38.5 Å². The van der Waals surface area contributed by atoms with Crippen LogP contribution in [0.3, 0.4) is 0 Å². The van der Waals surface area contributed by atoms with Gasteiger partial charge < -0.3 is 5.32 Å². The Balaban J connectivity index is 1.49. The first-order chi connectivity index (χ1) is 10.3. The highest BCUT2D eigenvalue weighted by Crippen LogP contribution is 2.61.